The summed E-state index contributed by atoms with van der Waals surface area (Å²) >= 11 is 0. The summed E-state index contributed by atoms with van der Waals surface area (Å²) in [5, 5.41) is 0. The van der Waals surface area contributed by atoms with Crippen molar-refractivity contribution in [2.24, 2.45) is 0 Å². The second-order valence-corrected chi connectivity index (χ2v) is 5.49. The summed E-state index contributed by atoms with van der Waals surface area (Å²) in [5.41, 5.74) is 1.39. The van der Waals surface area contributed by atoms with Crippen LogP contribution in [0.2, 0.25) is 0 Å². The highest BCUT2D eigenvalue weighted by Crippen LogP contribution is 2.31. The fraction of sp³-hybridized carbons (Fsp3) is 0.667. The Labute approximate surface area is 111 Å². The molecular formula is C15H25N3. The summed E-state index contributed by atoms with van der Waals surface area (Å²) in [7, 11) is 4.29. The Balaban J connectivity index is 1.81. The summed E-state index contributed by atoms with van der Waals surface area (Å²) < 4.78 is 0. The third kappa shape index (κ3) is 3.79. The molecule has 1 atom stereocenters. The number of hydrogen-bond donors (Lipinski definition) is 0. The van der Waals surface area contributed by atoms with Crippen molar-refractivity contribution in [2.45, 2.75) is 31.7 Å². The van der Waals surface area contributed by atoms with Gasteiger partial charge in [-0.1, -0.05) is 6.07 Å². The molecule has 2 rings (SSSR count). The molecule has 1 aromatic heterocycles. The van der Waals surface area contributed by atoms with Crippen LogP contribution in [0.15, 0.2) is 24.5 Å². The fourth-order valence-corrected chi connectivity index (χ4v) is 2.79. The maximum atomic E-state index is 4.25. The molecule has 0 spiro atoms. The third-order valence-electron chi connectivity index (χ3n) is 3.73. The Morgan fingerprint density at radius 2 is 2.28 bits per heavy atom. The van der Waals surface area contributed by atoms with Gasteiger partial charge in [0.15, 0.2) is 0 Å². The minimum atomic E-state index is 0.609. The third-order valence-corrected chi connectivity index (χ3v) is 3.73. The van der Waals surface area contributed by atoms with Gasteiger partial charge in [-0.05, 0) is 71.0 Å². The number of rotatable bonds is 6. The van der Waals surface area contributed by atoms with E-state index in [1.807, 2.05) is 12.4 Å². The van der Waals surface area contributed by atoms with Crippen LogP contribution in [0, 0.1) is 0 Å². The van der Waals surface area contributed by atoms with E-state index in [9.17, 15) is 0 Å². The number of likely N-dealkylation sites (tertiary alicyclic amines) is 1. The minimum absolute atomic E-state index is 0.609. The van der Waals surface area contributed by atoms with E-state index in [0.29, 0.717) is 6.04 Å². The Bertz CT molecular complexity index is 337. The first-order valence-electron chi connectivity index (χ1n) is 7.06. The van der Waals surface area contributed by atoms with Gasteiger partial charge < -0.3 is 4.90 Å². The molecule has 0 amide bonds. The van der Waals surface area contributed by atoms with E-state index in [4.69, 9.17) is 0 Å². The Kier molecular flexibility index (Phi) is 5.14. The number of unbranched alkanes of at least 4 members (excludes halogenated alkanes) is 1. The van der Waals surface area contributed by atoms with Crippen LogP contribution in [0.4, 0.5) is 0 Å². The van der Waals surface area contributed by atoms with Gasteiger partial charge in [0.05, 0.1) is 0 Å². The Morgan fingerprint density at radius 1 is 1.39 bits per heavy atom. The van der Waals surface area contributed by atoms with E-state index in [-0.39, 0.29) is 0 Å². The van der Waals surface area contributed by atoms with Gasteiger partial charge in [0.25, 0.3) is 0 Å². The molecular weight excluding hydrogens is 222 g/mol. The second kappa shape index (κ2) is 6.86. The molecule has 2 heterocycles. The molecule has 100 valence electrons. The van der Waals surface area contributed by atoms with Gasteiger partial charge in [-0.3, -0.25) is 9.88 Å². The first kappa shape index (κ1) is 13.5. The second-order valence-electron chi connectivity index (χ2n) is 5.49. The van der Waals surface area contributed by atoms with Gasteiger partial charge in [-0.15, -0.1) is 0 Å². The molecule has 0 N–H and O–H groups in total. The van der Waals surface area contributed by atoms with Crippen LogP contribution in [0.5, 0.6) is 0 Å². The van der Waals surface area contributed by atoms with Crippen molar-refractivity contribution in [2.75, 3.05) is 33.7 Å². The van der Waals surface area contributed by atoms with E-state index in [0.717, 1.165) is 0 Å². The lowest BCUT2D eigenvalue weighted by molar-refractivity contribution is 0.246. The van der Waals surface area contributed by atoms with Crippen LogP contribution >= 0.6 is 0 Å². The summed E-state index contributed by atoms with van der Waals surface area (Å²) in [6, 6.07) is 4.88. The molecule has 0 bridgehead atoms. The van der Waals surface area contributed by atoms with E-state index in [1.165, 1.54) is 50.9 Å². The predicted molar refractivity (Wildman–Crippen MR) is 75.6 cm³/mol. The van der Waals surface area contributed by atoms with Gasteiger partial charge in [-0.2, -0.15) is 0 Å². The molecule has 1 fully saturated rings. The molecule has 1 aliphatic heterocycles. The van der Waals surface area contributed by atoms with Gasteiger partial charge in [0.1, 0.15) is 0 Å². The van der Waals surface area contributed by atoms with Gasteiger partial charge in [0.2, 0.25) is 0 Å². The minimum Gasteiger partial charge on any atom is -0.309 e. The van der Waals surface area contributed by atoms with Crippen LogP contribution in [-0.2, 0) is 0 Å². The van der Waals surface area contributed by atoms with E-state index in [1.54, 1.807) is 0 Å². The van der Waals surface area contributed by atoms with Crippen LogP contribution in [-0.4, -0.2) is 48.5 Å². The first-order chi connectivity index (χ1) is 8.77. The molecule has 1 aromatic rings. The van der Waals surface area contributed by atoms with Crippen molar-refractivity contribution >= 4 is 0 Å². The van der Waals surface area contributed by atoms with E-state index < -0.39 is 0 Å². The Hall–Kier alpha value is -0.930. The number of hydrogen-bond acceptors (Lipinski definition) is 3. The van der Waals surface area contributed by atoms with Crippen molar-refractivity contribution in [1.82, 2.24) is 14.8 Å². The summed E-state index contributed by atoms with van der Waals surface area (Å²) in [4.78, 5) is 9.15. The van der Waals surface area contributed by atoms with Crippen LogP contribution < -0.4 is 0 Å². The quantitative estimate of drug-likeness (QED) is 0.720. The maximum Gasteiger partial charge on any atom is 0.0363 e. The molecule has 1 aliphatic rings. The van der Waals surface area contributed by atoms with E-state index in [2.05, 4.69) is 41.0 Å². The van der Waals surface area contributed by atoms with Crippen molar-refractivity contribution < 1.29 is 0 Å². The fourth-order valence-electron chi connectivity index (χ4n) is 2.79. The topological polar surface area (TPSA) is 19.4 Å². The lowest BCUT2D eigenvalue weighted by Crippen LogP contribution is -2.25. The normalized spacial score (nSPS) is 20.7. The van der Waals surface area contributed by atoms with Crippen molar-refractivity contribution in [1.29, 1.82) is 0 Å². The monoisotopic (exact) mass is 247 g/mol. The molecule has 3 nitrogen and oxygen atoms in total. The first-order valence-corrected chi connectivity index (χ1v) is 7.06. The highest BCUT2D eigenvalue weighted by atomic mass is 15.2. The predicted octanol–water partition coefficient (Wildman–Crippen LogP) is 2.56. The number of nitrogens with zero attached hydrogens (tertiary/aromatic N) is 3. The SMILES string of the molecule is CN(C)CCCCN1CCC[C@H]1c1cccnc1. The molecule has 18 heavy (non-hydrogen) atoms. The molecule has 0 unspecified atom stereocenters. The zero-order chi connectivity index (χ0) is 12.8. The molecule has 0 aliphatic carbocycles. The van der Waals surface area contributed by atoms with Gasteiger partial charge in [0, 0.05) is 18.4 Å². The zero-order valence-electron chi connectivity index (χ0n) is 11.7. The van der Waals surface area contributed by atoms with Gasteiger partial charge >= 0.3 is 0 Å². The molecule has 0 saturated carbocycles. The number of aromatic nitrogens is 1. The lowest BCUT2D eigenvalue weighted by Gasteiger charge is -2.24. The van der Waals surface area contributed by atoms with Gasteiger partial charge in [-0.25, -0.2) is 0 Å². The average molecular weight is 247 g/mol. The van der Waals surface area contributed by atoms with Crippen molar-refractivity contribution in [3.8, 4) is 0 Å². The Morgan fingerprint density at radius 3 is 3.00 bits per heavy atom. The van der Waals surface area contributed by atoms with E-state index >= 15 is 0 Å². The average Bonchev–Trinajstić information content (AvgIpc) is 2.84. The molecule has 0 radical (unpaired) electrons. The summed E-state index contributed by atoms with van der Waals surface area (Å²) in [5.74, 6) is 0. The van der Waals surface area contributed by atoms with Crippen molar-refractivity contribution in [3.05, 3.63) is 30.1 Å². The highest BCUT2D eigenvalue weighted by molar-refractivity contribution is 5.15. The molecule has 1 saturated heterocycles. The van der Waals surface area contributed by atoms with Crippen LogP contribution in [0.3, 0.4) is 0 Å². The zero-order valence-corrected chi connectivity index (χ0v) is 11.7. The summed E-state index contributed by atoms with van der Waals surface area (Å²) in [6.07, 6.45) is 9.10. The smallest absolute Gasteiger partial charge is 0.0363 e. The number of pyridine rings is 1. The largest absolute Gasteiger partial charge is 0.309 e. The van der Waals surface area contributed by atoms with Crippen LogP contribution in [0.1, 0.15) is 37.3 Å². The lowest BCUT2D eigenvalue weighted by atomic mass is 10.1. The van der Waals surface area contributed by atoms with Crippen LogP contribution in [0.25, 0.3) is 0 Å². The highest BCUT2D eigenvalue weighted by Gasteiger charge is 2.25. The molecule has 3 heteroatoms. The maximum absolute atomic E-state index is 4.25. The summed E-state index contributed by atoms with van der Waals surface area (Å²) in [6.45, 7) is 3.68. The molecule has 0 aromatic carbocycles. The van der Waals surface area contributed by atoms with Crippen molar-refractivity contribution in [3.63, 3.8) is 0 Å². The standard InChI is InChI=1S/C15H25N3/c1-17(2)10-3-4-11-18-12-6-8-15(18)14-7-5-9-16-13-14/h5,7,9,13,15H,3-4,6,8,10-12H2,1-2H3/t15-/m0/s1.